The van der Waals surface area contributed by atoms with Gasteiger partial charge in [-0.3, -0.25) is 9.78 Å². The van der Waals surface area contributed by atoms with Crippen LogP contribution >= 0.6 is 12.2 Å². The molecule has 178 valence electrons. The Morgan fingerprint density at radius 1 is 1.09 bits per heavy atom. The van der Waals surface area contributed by atoms with Crippen molar-refractivity contribution in [1.82, 2.24) is 19.8 Å². The summed E-state index contributed by atoms with van der Waals surface area (Å²) in [6.45, 7) is 4.75. The number of nitrogens with zero attached hydrogens (tertiary/aromatic N) is 3. The van der Waals surface area contributed by atoms with Gasteiger partial charge in [-0.15, -0.1) is 0 Å². The Morgan fingerprint density at radius 2 is 1.86 bits per heavy atom. The minimum atomic E-state index is -0.255. The molecule has 0 aliphatic carbocycles. The van der Waals surface area contributed by atoms with Gasteiger partial charge in [-0.05, 0) is 61.3 Å². The first kappa shape index (κ1) is 23.1. The largest absolute Gasteiger partial charge is 0.469 e. The van der Waals surface area contributed by atoms with Crippen molar-refractivity contribution in [2.24, 2.45) is 0 Å². The second-order valence-electron chi connectivity index (χ2n) is 8.81. The molecule has 4 aromatic rings. The molecule has 2 aromatic heterocycles. The number of pyridine rings is 1. The van der Waals surface area contributed by atoms with Crippen LogP contribution in [0.3, 0.4) is 0 Å². The number of rotatable bonds is 6. The molecule has 6 nitrogen and oxygen atoms in total. The van der Waals surface area contributed by atoms with Crippen molar-refractivity contribution in [2.75, 3.05) is 13.7 Å². The highest BCUT2D eigenvalue weighted by Gasteiger charge is 2.41. The van der Waals surface area contributed by atoms with Crippen LogP contribution in [-0.4, -0.2) is 39.2 Å². The molecule has 0 radical (unpaired) electrons. The zero-order valence-electron chi connectivity index (χ0n) is 20.1. The Kier molecular flexibility index (Phi) is 6.26. The van der Waals surface area contributed by atoms with E-state index >= 15 is 0 Å². The van der Waals surface area contributed by atoms with Crippen LogP contribution in [0.15, 0.2) is 72.9 Å². The lowest BCUT2D eigenvalue weighted by Crippen LogP contribution is -2.32. The van der Waals surface area contributed by atoms with Crippen LogP contribution in [0.2, 0.25) is 0 Å². The normalized spacial score (nSPS) is 17.6. The maximum atomic E-state index is 12.0. The maximum Gasteiger partial charge on any atom is 0.307 e. The number of carbonyl (C=O) groups is 1. The van der Waals surface area contributed by atoms with E-state index < -0.39 is 0 Å². The molecule has 1 saturated heterocycles. The van der Waals surface area contributed by atoms with Crippen molar-refractivity contribution in [3.63, 3.8) is 0 Å². The monoisotopic (exact) mass is 484 g/mol. The highest BCUT2D eigenvalue weighted by molar-refractivity contribution is 7.80. The fraction of sp³-hybridized carbons (Fsp3) is 0.250. The first-order valence-electron chi connectivity index (χ1n) is 11.7. The Morgan fingerprint density at radius 3 is 2.63 bits per heavy atom. The van der Waals surface area contributed by atoms with E-state index in [-0.39, 0.29) is 24.5 Å². The van der Waals surface area contributed by atoms with Crippen LogP contribution in [-0.2, 0) is 9.53 Å². The topological polar surface area (TPSA) is 59.4 Å². The summed E-state index contributed by atoms with van der Waals surface area (Å²) in [5.41, 5.74) is 5.49. The van der Waals surface area contributed by atoms with Gasteiger partial charge in [0.25, 0.3) is 0 Å². The SMILES string of the molecule is COC(=O)CCN1C(=S)NC(c2ccccn2)C1c1cc(C)n(-c2cccc3ccccc23)c1C. The first-order valence-corrected chi connectivity index (χ1v) is 12.1. The average molecular weight is 485 g/mol. The van der Waals surface area contributed by atoms with Gasteiger partial charge < -0.3 is 19.5 Å². The second kappa shape index (κ2) is 9.50. The van der Waals surface area contributed by atoms with Gasteiger partial charge in [0, 0.05) is 29.5 Å². The molecule has 1 aliphatic rings. The lowest BCUT2D eigenvalue weighted by molar-refractivity contribution is -0.140. The minimum Gasteiger partial charge on any atom is -0.469 e. The summed E-state index contributed by atoms with van der Waals surface area (Å²) < 4.78 is 7.21. The van der Waals surface area contributed by atoms with Crippen molar-refractivity contribution in [1.29, 1.82) is 0 Å². The molecule has 2 unspecified atom stereocenters. The summed E-state index contributed by atoms with van der Waals surface area (Å²) in [4.78, 5) is 18.7. The van der Waals surface area contributed by atoms with Gasteiger partial charge in [0.15, 0.2) is 5.11 Å². The van der Waals surface area contributed by atoms with Crippen LogP contribution in [0.1, 0.15) is 41.1 Å². The van der Waals surface area contributed by atoms with Gasteiger partial charge in [-0.1, -0.05) is 42.5 Å². The zero-order valence-corrected chi connectivity index (χ0v) is 20.9. The number of esters is 1. The Bertz CT molecular complexity index is 1390. The number of nitrogens with one attached hydrogen (secondary N) is 1. The van der Waals surface area contributed by atoms with E-state index in [1.165, 1.54) is 17.9 Å². The Balaban J connectivity index is 1.63. The molecule has 0 amide bonds. The molecule has 7 heteroatoms. The van der Waals surface area contributed by atoms with E-state index in [1.54, 1.807) is 6.20 Å². The third-order valence-corrected chi connectivity index (χ3v) is 7.13. The van der Waals surface area contributed by atoms with Crippen LogP contribution in [0.4, 0.5) is 0 Å². The van der Waals surface area contributed by atoms with Crippen molar-refractivity contribution in [2.45, 2.75) is 32.4 Å². The molecule has 0 saturated carbocycles. The average Bonchev–Trinajstić information content (AvgIpc) is 3.37. The van der Waals surface area contributed by atoms with Crippen molar-refractivity contribution in [3.05, 3.63) is 95.6 Å². The van der Waals surface area contributed by atoms with E-state index in [2.05, 4.69) is 82.1 Å². The summed E-state index contributed by atoms with van der Waals surface area (Å²) in [5, 5.41) is 6.49. The summed E-state index contributed by atoms with van der Waals surface area (Å²) in [6, 6.07) is 22.7. The predicted octanol–water partition coefficient (Wildman–Crippen LogP) is 5.18. The molecule has 2 atom stereocenters. The molecule has 1 fully saturated rings. The van der Waals surface area contributed by atoms with Crippen molar-refractivity contribution in [3.8, 4) is 5.69 Å². The number of benzene rings is 2. The highest BCUT2D eigenvalue weighted by Crippen LogP contribution is 2.42. The Labute approximate surface area is 210 Å². The van der Waals surface area contributed by atoms with Crippen LogP contribution in [0, 0.1) is 13.8 Å². The number of ether oxygens (including phenoxy) is 1. The van der Waals surface area contributed by atoms with E-state index in [4.69, 9.17) is 17.0 Å². The lowest BCUT2D eigenvalue weighted by Gasteiger charge is -2.28. The Hall–Kier alpha value is -3.71. The number of hydrogen-bond acceptors (Lipinski definition) is 4. The maximum absolute atomic E-state index is 12.0. The molecule has 1 aliphatic heterocycles. The number of carbonyl (C=O) groups excluding carboxylic acids is 1. The second-order valence-corrected chi connectivity index (χ2v) is 9.19. The van der Waals surface area contributed by atoms with E-state index in [1.807, 2.05) is 18.2 Å². The zero-order chi connectivity index (χ0) is 24.5. The fourth-order valence-electron chi connectivity index (χ4n) is 5.16. The fourth-order valence-corrected chi connectivity index (χ4v) is 5.49. The molecular weight excluding hydrogens is 456 g/mol. The quantitative estimate of drug-likeness (QED) is 0.301. The van der Waals surface area contributed by atoms with Gasteiger partial charge >= 0.3 is 5.97 Å². The number of fused-ring (bicyclic) bond motifs is 1. The number of aryl methyl sites for hydroxylation is 1. The molecule has 1 N–H and O–H groups in total. The van der Waals surface area contributed by atoms with E-state index in [0.29, 0.717) is 11.7 Å². The predicted molar refractivity (Wildman–Crippen MR) is 142 cm³/mol. The molecular formula is C28H28N4O2S. The van der Waals surface area contributed by atoms with E-state index in [0.717, 1.165) is 28.3 Å². The third kappa shape index (κ3) is 4.17. The smallest absolute Gasteiger partial charge is 0.307 e. The van der Waals surface area contributed by atoms with Gasteiger partial charge in [-0.2, -0.15) is 0 Å². The standard InChI is InChI=1S/C28H28N4O2S/c1-18-17-22(19(2)32(18)24-13-8-10-20-9-4-5-11-21(20)24)27-26(23-12-6-7-15-29-23)30-28(35)31(27)16-14-25(33)34-3/h4-13,15,17,26-27H,14,16H2,1-3H3,(H,30,35). The molecule has 35 heavy (non-hydrogen) atoms. The minimum absolute atomic E-state index is 0.114. The van der Waals surface area contributed by atoms with Crippen molar-refractivity contribution >= 4 is 34.1 Å². The number of methoxy groups -OCH3 is 1. The van der Waals surface area contributed by atoms with Crippen molar-refractivity contribution < 1.29 is 9.53 Å². The number of thiocarbonyl (C=S) groups is 1. The van der Waals surface area contributed by atoms with Gasteiger partial charge in [0.05, 0.1) is 37.0 Å². The van der Waals surface area contributed by atoms with Gasteiger partial charge in [-0.25, -0.2) is 0 Å². The lowest BCUT2D eigenvalue weighted by atomic mass is 9.96. The summed E-state index contributed by atoms with van der Waals surface area (Å²) in [6.07, 6.45) is 2.05. The van der Waals surface area contributed by atoms with Crippen LogP contribution in [0.5, 0.6) is 0 Å². The van der Waals surface area contributed by atoms with Gasteiger partial charge in [0.2, 0.25) is 0 Å². The highest BCUT2D eigenvalue weighted by atomic mass is 32.1. The summed E-state index contributed by atoms with van der Waals surface area (Å²) >= 11 is 5.75. The van der Waals surface area contributed by atoms with Crippen LogP contribution < -0.4 is 5.32 Å². The molecule has 2 aromatic carbocycles. The third-order valence-electron chi connectivity index (χ3n) is 6.78. The van der Waals surface area contributed by atoms with Crippen LogP contribution in [0.25, 0.3) is 16.5 Å². The molecule has 3 heterocycles. The van der Waals surface area contributed by atoms with E-state index in [9.17, 15) is 4.79 Å². The summed E-state index contributed by atoms with van der Waals surface area (Å²) in [7, 11) is 1.41. The number of aromatic nitrogens is 2. The molecule has 0 bridgehead atoms. The molecule has 0 spiro atoms. The number of hydrogen-bond donors (Lipinski definition) is 1. The summed E-state index contributed by atoms with van der Waals surface area (Å²) in [5.74, 6) is -0.255. The van der Waals surface area contributed by atoms with Gasteiger partial charge in [0.1, 0.15) is 0 Å². The first-order chi connectivity index (χ1) is 17.0. The molecule has 5 rings (SSSR count).